The summed E-state index contributed by atoms with van der Waals surface area (Å²) in [5.41, 5.74) is 1.20. The molecule has 2 N–H and O–H groups in total. The van der Waals surface area contributed by atoms with Gasteiger partial charge in [-0.15, -0.1) is 0 Å². The van der Waals surface area contributed by atoms with E-state index in [4.69, 9.17) is 4.74 Å². The molecule has 3 rings (SSSR count). The average molecular weight is 437 g/mol. The second kappa shape index (κ2) is 9.28. The Morgan fingerprint density at radius 1 is 1.16 bits per heavy atom. The summed E-state index contributed by atoms with van der Waals surface area (Å²) in [4.78, 5) is 13.9. The van der Waals surface area contributed by atoms with Crippen LogP contribution in [0.2, 0.25) is 0 Å². The van der Waals surface area contributed by atoms with Crippen LogP contribution in [0.1, 0.15) is 42.9 Å². The molecule has 1 saturated carbocycles. The lowest BCUT2D eigenvalue weighted by Gasteiger charge is -2.37. The fourth-order valence-corrected chi connectivity index (χ4v) is 3.85. The maximum Gasteiger partial charge on any atom is 0.416 e. The number of hydrogen-bond acceptors (Lipinski definition) is 4. The Bertz CT molecular complexity index is 939. The highest BCUT2D eigenvalue weighted by molar-refractivity contribution is 5.77. The molecule has 168 valence electrons. The van der Waals surface area contributed by atoms with E-state index < -0.39 is 18.0 Å². The second-order valence-corrected chi connectivity index (χ2v) is 7.82. The SMILES string of the molecule is COc1ccc(CC(O)O)cc1-c1ccc(C(F)(F)F)cc1CN(C(C)=O)C1CCC1. The van der Waals surface area contributed by atoms with Gasteiger partial charge in [0, 0.05) is 31.5 Å². The van der Waals surface area contributed by atoms with Crippen LogP contribution in [0.15, 0.2) is 36.4 Å². The molecule has 0 aromatic heterocycles. The largest absolute Gasteiger partial charge is 0.496 e. The molecule has 2 aromatic rings. The van der Waals surface area contributed by atoms with Gasteiger partial charge in [0.25, 0.3) is 0 Å². The van der Waals surface area contributed by atoms with Gasteiger partial charge in [-0.3, -0.25) is 4.79 Å². The normalized spacial score (nSPS) is 14.5. The summed E-state index contributed by atoms with van der Waals surface area (Å²) in [5.74, 6) is 0.257. The van der Waals surface area contributed by atoms with Crippen LogP contribution >= 0.6 is 0 Å². The van der Waals surface area contributed by atoms with Gasteiger partial charge < -0.3 is 19.8 Å². The summed E-state index contributed by atoms with van der Waals surface area (Å²) in [6.45, 7) is 1.48. The third-order valence-corrected chi connectivity index (χ3v) is 5.67. The number of methoxy groups -OCH3 is 1. The number of carbonyl (C=O) groups excluding carboxylic acids is 1. The third kappa shape index (κ3) is 5.37. The summed E-state index contributed by atoms with van der Waals surface area (Å²) < 4.78 is 45.7. The summed E-state index contributed by atoms with van der Waals surface area (Å²) in [6.07, 6.45) is -3.45. The second-order valence-electron chi connectivity index (χ2n) is 7.82. The van der Waals surface area contributed by atoms with E-state index in [2.05, 4.69) is 0 Å². The molecular formula is C23H26F3NO4. The fraction of sp³-hybridized carbons (Fsp3) is 0.435. The number of aliphatic hydroxyl groups is 2. The van der Waals surface area contributed by atoms with E-state index in [9.17, 15) is 28.2 Å². The number of nitrogens with zero attached hydrogens (tertiary/aromatic N) is 1. The van der Waals surface area contributed by atoms with Crippen molar-refractivity contribution in [3.63, 3.8) is 0 Å². The van der Waals surface area contributed by atoms with Crippen molar-refractivity contribution in [2.45, 2.75) is 57.7 Å². The van der Waals surface area contributed by atoms with Crippen LogP contribution in [0.5, 0.6) is 5.75 Å². The molecule has 2 aromatic carbocycles. The van der Waals surface area contributed by atoms with Gasteiger partial charge in [0.1, 0.15) is 5.75 Å². The van der Waals surface area contributed by atoms with Crippen LogP contribution in [0.25, 0.3) is 11.1 Å². The molecule has 0 spiro atoms. The molecule has 0 heterocycles. The summed E-state index contributed by atoms with van der Waals surface area (Å²) >= 11 is 0. The molecule has 5 nitrogen and oxygen atoms in total. The monoisotopic (exact) mass is 437 g/mol. The highest BCUT2D eigenvalue weighted by atomic mass is 19.4. The fourth-order valence-electron chi connectivity index (χ4n) is 3.85. The van der Waals surface area contributed by atoms with Crippen molar-refractivity contribution in [2.75, 3.05) is 7.11 Å². The van der Waals surface area contributed by atoms with Gasteiger partial charge in [0.05, 0.1) is 12.7 Å². The molecule has 1 fully saturated rings. The minimum Gasteiger partial charge on any atom is -0.496 e. The van der Waals surface area contributed by atoms with Gasteiger partial charge in [-0.25, -0.2) is 0 Å². The molecule has 0 aliphatic heterocycles. The molecular weight excluding hydrogens is 411 g/mol. The van der Waals surface area contributed by atoms with Gasteiger partial charge in [-0.05, 0) is 60.2 Å². The summed E-state index contributed by atoms with van der Waals surface area (Å²) in [5, 5.41) is 18.6. The van der Waals surface area contributed by atoms with E-state index in [1.165, 1.54) is 20.1 Å². The number of alkyl halides is 3. The topological polar surface area (TPSA) is 70.0 Å². The van der Waals surface area contributed by atoms with Crippen molar-refractivity contribution in [1.82, 2.24) is 4.90 Å². The maximum absolute atomic E-state index is 13.4. The molecule has 0 radical (unpaired) electrons. The van der Waals surface area contributed by atoms with E-state index in [0.29, 0.717) is 28.0 Å². The lowest BCUT2D eigenvalue weighted by atomic mass is 9.89. The van der Waals surface area contributed by atoms with E-state index in [1.54, 1.807) is 23.1 Å². The first-order valence-electron chi connectivity index (χ1n) is 10.1. The molecule has 1 aliphatic carbocycles. The van der Waals surface area contributed by atoms with Crippen LogP contribution in [-0.4, -0.2) is 40.5 Å². The Morgan fingerprint density at radius 3 is 2.39 bits per heavy atom. The zero-order chi connectivity index (χ0) is 22.8. The quantitative estimate of drug-likeness (QED) is 0.639. The highest BCUT2D eigenvalue weighted by Crippen LogP contribution is 2.39. The first-order chi connectivity index (χ1) is 14.6. The van der Waals surface area contributed by atoms with Crippen LogP contribution in [0.3, 0.4) is 0 Å². The Kier molecular flexibility index (Phi) is 6.91. The lowest BCUT2D eigenvalue weighted by molar-refractivity contribution is -0.137. The predicted octanol–water partition coefficient (Wildman–Crippen LogP) is 4.14. The number of carbonyl (C=O) groups is 1. The number of aliphatic hydroxyl groups excluding tert-OH is 1. The molecule has 31 heavy (non-hydrogen) atoms. The third-order valence-electron chi connectivity index (χ3n) is 5.67. The smallest absolute Gasteiger partial charge is 0.416 e. The first-order valence-corrected chi connectivity index (χ1v) is 10.1. The van der Waals surface area contributed by atoms with Crippen LogP contribution in [0, 0.1) is 0 Å². The standard InChI is InChI=1S/C23H26F3NO4/c1-14(28)27(18-4-3-5-18)13-16-12-17(23(24,25)26)7-8-19(16)20-10-15(11-22(29)30)6-9-21(20)31-2/h6-10,12,18,22,29-30H,3-5,11,13H2,1-2H3. The Labute approximate surface area is 179 Å². The van der Waals surface area contributed by atoms with E-state index >= 15 is 0 Å². The van der Waals surface area contributed by atoms with Crippen molar-refractivity contribution in [3.05, 3.63) is 53.1 Å². The van der Waals surface area contributed by atoms with Gasteiger partial charge >= 0.3 is 6.18 Å². The summed E-state index contributed by atoms with van der Waals surface area (Å²) in [6, 6.07) is 8.48. The van der Waals surface area contributed by atoms with Gasteiger partial charge in [0.15, 0.2) is 6.29 Å². The zero-order valence-electron chi connectivity index (χ0n) is 17.4. The number of ether oxygens (including phenoxy) is 1. The van der Waals surface area contributed by atoms with Crippen LogP contribution in [0.4, 0.5) is 13.2 Å². The minimum atomic E-state index is -4.52. The first kappa shape index (κ1) is 23.1. The van der Waals surface area contributed by atoms with Crippen LogP contribution in [-0.2, 0) is 23.9 Å². The highest BCUT2D eigenvalue weighted by Gasteiger charge is 2.33. The molecule has 0 unspecified atom stereocenters. The van der Waals surface area contributed by atoms with E-state index in [0.717, 1.165) is 31.4 Å². The van der Waals surface area contributed by atoms with Gasteiger partial charge in [-0.2, -0.15) is 13.2 Å². The van der Waals surface area contributed by atoms with Crippen molar-refractivity contribution >= 4 is 5.91 Å². The van der Waals surface area contributed by atoms with Crippen molar-refractivity contribution in [3.8, 4) is 16.9 Å². The van der Waals surface area contributed by atoms with Crippen LogP contribution < -0.4 is 4.74 Å². The average Bonchev–Trinajstić information content (AvgIpc) is 2.64. The number of amides is 1. The zero-order valence-corrected chi connectivity index (χ0v) is 17.4. The number of benzene rings is 2. The molecule has 8 heteroatoms. The Morgan fingerprint density at radius 2 is 1.87 bits per heavy atom. The molecule has 0 saturated heterocycles. The maximum atomic E-state index is 13.4. The Balaban J connectivity index is 2.12. The molecule has 1 aliphatic rings. The summed E-state index contributed by atoms with van der Waals surface area (Å²) in [7, 11) is 1.46. The number of halogens is 3. The van der Waals surface area contributed by atoms with E-state index in [1.807, 2.05) is 0 Å². The molecule has 1 amide bonds. The van der Waals surface area contributed by atoms with Crippen molar-refractivity contribution < 1.29 is 32.9 Å². The number of rotatable bonds is 7. The minimum absolute atomic E-state index is 0.0256. The van der Waals surface area contributed by atoms with Crippen molar-refractivity contribution in [2.24, 2.45) is 0 Å². The van der Waals surface area contributed by atoms with Gasteiger partial charge in [-0.1, -0.05) is 12.1 Å². The molecule has 0 atom stereocenters. The van der Waals surface area contributed by atoms with E-state index in [-0.39, 0.29) is 24.9 Å². The lowest BCUT2D eigenvalue weighted by Crippen LogP contribution is -2.42. The van der Waals surface area contributed by atoms with Crippen molar-refractivity contribution in [1.29, 1.82) is 0 Å². The van der Waals surface area contributed by atoms with Gasteiger partial charge in [0.2, 0.25) is 5.91 Å². The number of hydrogen-bond donors (Lipinski definition) is 2. The molecule has 0 bridgehead atoms. The Hall–Kier alpha value is -2.58. The predicted molar refractivity (Wildman–Crippen MR) is 109 cm³/mol.